The topological polar surface area (TPSA) is 64.3 Å². The lowest BCUT2D eigenvalue weighted by atomic mass is 9.94. The van der Waals surface area contributed by atoms with Crippen LogP contribution in [-0.4, -0.2) is 25.1 Å². The Morgan fingerprint density at radius 2 is 2.00 bits per heavy atom. The number of hydrogen-bond acceptors (Lipinski definition) is 3. The molecule has 0 aromatic heterocycles. The molecule has 0 aliphatic carbocycles. The molecular formula is C15H24BrClN2O2. The van der Waals surface area contributed by atoms with Crippen LogP contribution in [0.15, 0.2) is 22.7 Å². The number of benzene rings is 1. The van der Waals surface area contributed by atoms with E-state index >= 15 is 0 Å². The van der Waals surface area contributed by atoms with Gasteiger partial charge in [-0.2, -0.15) is 0 Å². The molecular weight excluding hydrogens is 356 g/mol. The van der Waals surface area contributed by atoms with Gasteiger partial charge in [-0.1, -0.05) is 29.8 Å². The number of rotatable bonds is 7. The molecule has 0 bridgehead atoms. The van der Waals surface area contributed by atoms with Crippen LogP contribution in [0.3, 0.4) is 0 Å². The summed E-state index contributed by atoms with van der Waals surface area (Å²) in [5, 5.41) is 2.91. The Balaban J connectivity index is 0.00000400. The van der Waals surface area contributed by atoms with Crippen LogP contribution in [0.4, 0.5) is 0 Å². The molecule has 1 amide bonds. The molecule has 21 heavy (non-hydrogen) atoms. The molecule has 3 N–H and O–H groups in total. The van der Waals surface area contributed by atoms with E-state index in [1.165, 1.54) is 0 Å². The van der Waals surface area contributed by atoms with Gasteiger partial charge in [0.25, 0.3) is 0 Å². The van der Waals surface area contributed by atoms with E-state index in [1.54, 1.807) is 7.11 Å². The van der Waals surface area contributed by atoms with Crippen molar-refractivity contribution in [3.05, 3.63) is 28.2 Å². The average molecular weight is 380 g/mol. The SMILES string of the molecule is CCC(N)(CC)CNC(=O)Cc1cc(Br)ccc1OC.Cl. The number of halogens is 2. The zero-order valence-corrected chi connectivity index (χ0v) is 15.1. The van der Waals surface area contributed by atoms with Gasteiger partial charge < -0.3 is 15.8 Å². The number of carbonyl (C=O) groups is 1. The largest absolute Gasteiger partial charge is 0.496 e. The Labute approximate surface area is 141 Å². The first-order valence-corrected chi connectivity index (χ1v) is 7.61. The Morgan fingerprint density at radius 3 is 2.52 bits per heavy atom. The standard InChI is InChI=1S/C15H23BrN2O2.ClH/c1-4-15(17,5-2)10-18-14(19)9-11-8-12(16)6-7-13(11)20-3;/h6-8H,4-5,9-10,17H2,1-3H3,(H,18,19);1H. The van der Waals surface area contributed by atoms with E-state index < -0.39 is 0 Å². The number of hydrogen-bond donors (Lipinski definition) is 2. The second-order valence-electron chi connectivity index (χ2n) is 4.98. The predicted molar refractivity (Wildman–Crippen MR) is 92.2 cm³/mol. The molecule has 0 fully saturated rings. The third-order valence-electron chi connectivity index (χ3n) is 3.64. The summed E-state index contributed by atoms with van der Waals surface area (Å²) in [5.74, 6) is 0.673. The van der Waals surface area contributed by atoms with E-state index in [1.807, 2.05) is 32.0 Å². The highest BCUT2D eigenvalue weighted by Gasteiger charge is 2.21. The summed E-state index contributed by atoms with van der Waals surface area (Å²) in [6, 6.07) is 5.63. The number of nitrogens with one attached hydrogen (secondary N) is 1. The van der Waals surface area contributed by atoms with Crippen molar-refractivity contribution in [2.45, 2.75) is 38.6 Å². The van der Waals surface area contributed by atoms with Gasteiger partial charge in [0.15, 0.2) is 0 Å². The molecule has 1 rings (SSSR count). The van der Waals surface area contributed by atoms with Crippen LogP contribution in [0.2, 0.25) is 0 Å². The second kappa shape index (κ2) is 9.28. The molecule has 0 saturated heterocycles. The molecule has 0 spiro atoms. The quantitative estimate of drug-likeness (QED) is 0.765. The minimum absolute atomic E-state index is 0. The summed E-state index contributed by atoms with van der Waals surface area (Å²) in [7, 11) is 1.60. The normalized spacial score (nSPS) is 10.7. The summed E-state index contributed by atoms with van der Waals surface area (Å²) in [4.78, 5) is 12.0. The zero-order valence-electron chi connectivity index (χ0n) is 12.7. The first-order chi connectivity index (χ1) is 9.44. The number of nitrogens with two attached hydrogens (primary N) is 1. The van der Waals surface area contributed by atoms with Gasteiger partial charge >= 0.3 is 0 Å². The van der Waals surface area contributed by atoms with Crippen LogP contribution >= 0.6 is 28.3 Å². The van der Waals surface area contributed by atoms with Gasteiger partial charge in [0.2, 0.25) is 5.91 Å². The number of methoxy groups -OCH3 is 1. The maximum absolute atomic E-state index is 12.0. The molecule has 0 radical (unpaired) electrons. The Hall–Kier alpha value is -0.780. The molecule has 120 valence electrons. The van der Waals surface area contributed by atoms with Crippen molar-refractivity contribution in [2.75, 3.05) is 13.7 Å². The van der Waals surface area contributed by atoms with Gasteiger partial charge in [0.1, 0.15) is 5.75 Å². The minimum Gasteiger partial charge on any atom is -0.496 e. The maximum atomic E-state index is 12.0. The van der Waals surface area contributed by atoms with Crippen molar-refractivity contribution in [2.24, 2.45) is 5.73 Å². The molecule has 4 nitrogen and oxygen atoms in total. The van der Waals surface area contributed by atoms with E-state index in [4.69, 9.17) is 10.5 Å². The third kappa shape index (κ3) is 6.24. The molecule has 1 aromatic rings. The Kier molecular flexibility index (Phi) is 8.94. The molecule has 0 saturated carbocycles. The average Bonchev–Trinajstić information content (AvgIpc) is 2.45. The van der Waals surface area contributed by atoms with E-state index in [-0.39, 0.29) is 30.3 Å². The minimum atomic E-state index is -0.322. The maximum Gasteiger partial charge on any atom is 0.224 e. The van der Waals surface area contributed by atoms with Gasteiger partial charge in [0.05, 0.1) is 13.5 Å². The molecule has 6 heteroatoms. The Bertz CT molecular complexity index is 465. The van der Waals surface area contributed by atoms with Gasteiger partial charge in [-0.15, -0.1) is 12.4 Å². The lowest BCUT2D eigenvalue weighted by molar-refractivity contribution is -0.120. The summed E-state index contributed by atoms with van der Waals surface area (Å²) < 4.78 is 6.19. The highest BCUT2D eigenvalue weighted by atomic mass is 79.9. The van der Waals surface area contributed by atoms with E-state index in [9.17, 15) is 4.79 Å². The molecule has 0 atom stereocenters. The van der Waals surface area contributed by atoms with Gasteiger partial charge in [-0.3, -0.25) is 4.79 Å². The number of amides is 1. The summed E-state index contributed by atoms with van der Waals surface area (Å²) in [5.41, 5.74) is 6.71. The monoisotopic (exact) mass is 378 g/mol. The van der Waals surface area contributed by atoms with Crippen molar-refractivity contribution in [1.29, 1.82) is 0 Å². The predicted octanol–water partition coefficient (Wildman–Crippen LogP) is 3.06. The van der Waals surface area contributed by atoms with Crippen molar-refractivity contribution < 1.29 is 9.53 Å². The van der Waals surface area contributed by atoms with E-state index in [0.29, 0.717) is 12.3 Å². The fraction of sp³-hybridized carbons (Fsp3) is 0.533. The Morgan fingerprint density at radius 1 is 1.38 bits per heavy atom. The lowest BCUT2D eigenvalue weighted by Crippen LogP contribution is -2.49. The van der Waals surface area contributed by atoms with Crippen molar-refractivity contribution in [1.82, 2.24) is 5.32 Å². The van der Waals surface area contributed by atoms with Crippen molar-refractivity contribution in [3.63, 3.8) is 0 Å². The fourth-order valence-electron chi connectivity index (χ4n) is 1.90. The summed E-state index contributed by atoms with van der Waals surface area (Å²) >= 11 is 3.40. The number of carbonyl (C=O) groups excluding carboxylic acids is 1. The van der Waals surface area contributed by atoms with Crippen LogP contribution in [0.5, 0.6) is 5.75 Å². The van der Waals surface area contributed by atoms with Crippen LogP contribution < -0.4 is 15.8 Å². The van der Waals surface area contributed by atoms with Crippen LogP contribution in [0.1, 0.15) is 32.3 Å². The molecule has 0 unspecified atom stereocenters. The third-order valence-corrected chi connectivity index (χ3v) is 4.13. The highest BCUT2D eigenvalue weighted by molar-refractivity contribution is 9.10. The summed E-state index contributed by atoms with van der Waals surface area (Å²) in [6.07, 6.45) is 1.96. The van der Waals surface area contributed by atoms with Gasteiger partial charge in [0, 0.05) is 22.1 Å². The molecule has 0 aliphatic heterocycles. The first-order valence-electron chi connectivity index (χ1n) is 6.82. The molecule has 0 heterocycles. The highest BCUT2D eigenvalue weighted by Crippen LogP contribution is 2.23. The zero-order chi connectivity index (χ0) is 15.2. The van der Waals surface area contributed by atoms with Crippen LogP contribution in [0, 0.1) is 0 Å². The second-order valence-corrected chi connectivity index (χ2v) is 5.89. The molecule has 0 aliphatic rings. The van der Waals surface area contributed by atoms with Crippen LogP contribution in [0.25, 0.3) is 0 Å². The summed E-state index contributed by atoms with van der Waals surface area (Å²) in [6.45, 7) is 4.56. The van der Waals surface area contributed by atoms with Gasteiger partial charge in [-0.05, 0) is 31.0 Å². The van der Waals surface area contributed by atoms with E-state index in [0.717, 1.165) is 22.9 Å². The fourth-order valence-corrected chi connectivity index (χ4v) is 2.30. The van der Waals surface area contributed by atoms with Crippen molar-refractivity contribution >= 4 is 34.2 Å². The smallest absolute Gasteiger partial charge is 0.224 e. The van der Waals surface area contributed by atoms with E-state index in [2.05, 4.69) is 21.2 Å². The van der Waals surface area contributed by atoms with Gasteiger partial charge in [-0.25, -0.2) is 0 Å². The first kappa shape index (κ1) is 20.2. The lowest BCUT2D eigenvalue weighted by Gasteiger charge is -2.26. The van der Waals surface area contributed by atoms with Crippen molar-refractivity contribution in [3.8, 4) is 5.75 Å². The molecule has 1 aromatic carbocycles. The number of ether oxygens (including phenoxy) is 1. The van der Waals surface area contributed by atoms with Crippen LogP contribution in [-0.2, 0) is 11.2 Å².